The normalized spacial score (nSPS) is 14.8. The van der Waals surface area contributed by atoms with Crippen LogP contribution in [0.3, 0.4) is 0 Å². The Labute approximate surface area is 203 Å². The molecule has 0 fully saturated rings. The summed E-state index contributed by atoms with van der Waals surface area (Å²) in [6.07, 6.45) is 3.95. The fourth-order valence-corrected chi connectivity index (χ4v) is 29.2. The summed E-state index contributed by atoms with van der Waals surface area (Å²) in [5, 5.41) is 0. The molecule has 0 bridgehead atoms. The van der Waals surface area contributed by atoms with E-state index in [4.69, 9.17) is 12.3 Å². The lowest BCUT2D eigenvalue weighted by Gasteiger charge is -2.35. The van der Waals surface area contributed by atoms with Gasteiger partial charge in [0.2, 0.25) is 0 Å². The first-order valence-corrected chi connectivity index (χ1v) is 32.1. The number of hydrogen-bond donors (Lipinski definition) is 0. The van der Waals surface area contributed by atoms with Gasteiger partial charge in [-0.2, -0.15) is 0 Å². The molecule has 0 aromatic carbocycles. The maximum atomic E-state index is 6.65. The van der Waals surface area contributed by atoms with Crippen LogP contribution >= 0.6 is 0 Å². The summed E-state index contributed by atoms with van der Waals surface area (Å²) < 4.78 is 20.0. The predicted molar refractivity (Wildman–Crippen MR) is 160 cm³/mol. The van der Waals surface area contributed by atoms with Crippen molar-refractivity contribution in [2.24, 2.45) is 0 Å². The summed E-state index contributed by atoms with van der Waals surface area (Å²) in [6.45, 7) is 36.4. The van der Waals surface area contributed by atoms with Crippen molar-refractivity contribution in [3.8, 4) is 0 Å². The molecule has 10 heteroatoms. The fraction of sp³-hybridized carbons (Fsp3) is 1.00. The van der Waals surface area contributed by atoms with Gasteiger partial charge < -0.3 is 12.3 Å². The lowest BCUT2D eigenvalue weighted by Crippen LogP contribution is -2.44. The summed E-state index contributed by atoms with van der Waals surface area (Å²) >= 11 is 0. The lowest BCUT2D eigenvalue weighted by molar-refractivity contribution is 0.549. The Bertz CT molecular complexity index is 461. The van der Waals surface area contributed by atoms with E-state index < -0.39 is 49.9 Å². The molecule has 0 N–H and O–H groups in total. The topological polar surface area (TPSA) is 27.7 Å². The highest BCUT2D eigenvalue weighted by atomic mass is 28.4. The molecule has 0 saturated heterocycles. The van der Waals surface area contributed by atoms with Gasteiger partial charge in [-0.3, -0.25) is 0 Å². The molecule has 0 unspecified atom stereocenters. The van der Waals surface area contributed by atoms with Gasteiger partial charge in [0.1, 0.15) is 6.71 Å². The van der Waals surface area contributed by atoms with E-state index in [1.807, 2.05) is 0 Å². The molecule has 0 amide bonds. The average molecular weight is 537 g/mol. The summed E-state index contributed by atoms with van der Waals surface area (Å²) in [5.41, 5.74) is 0. The summed E-state index contributed by atoms with van der Waals surface area (Å²) in [7, 11) is -9.19. The van der Waals surface area contributed by atoms with E-state index in [1.165, 1.54) is 37.1 Å². The van der Waals surface area contributed by atoms with Gasteiger partial charge in [0.15, 0.2) is 49.9 Å². The Hall–Kier alpha value is 1.25. The van der Waals surface area contributed by atoms with Gasteiger partial charge in [-0.05, 0) is 116 Å². The molecule has 0 radical (unpaired) electrons. The first kappa shape index (κ1) is 32.2. The molecule has 3 nitrogen and oxygen atoms in total. The van der Waals surface area contributed by atoms with Gasteiger partial charge in [-0.25, -0.2) is 0 Å². The van der Waals surface area contributed by atoms with E-state index in [9.17, 15) is 0 Å². The van der Waals surface area contributed by atoms with Crippen LogP contribution in [0, 0.1) is 0 Å². The minimum Gasteiger partial charge on any atom is -0.456 e. The molecule has 0 aliphatic heterocycles. The number of rotatable bonds is 15. The first-order valence-electron chi connectivity index (χ1n) is 12.5. The van der Waals surface area contributed by atoms with E-state index in [2.05, 4.69) is 98.2 Å². The minimum atomic E-state index is -1.59. The van der Waals surface area contributed by atoms with Crippen LogP contribution in [0.4, 0.5) is 0 Å². The molecule has 0 spiro atoms. The molecule has 0 saturated carbocycles. The largest absolute Gasteiger partial charge is 0.456 e. The van der Waals surface area contributed by atoms with Crippen molar-refractivity contribution in [2.75, 3.05) is 0 Å². The summed E-state index contributed by atoms with van der Waals surface area (Å²) in [6, 6.07) is 3.86. The minimum absolute atomic E-state index is 0.783. The second kappa shape index (κ2) is 11.8. The van der Waals surface area contributed by atoms with E-state index in [1.54, 1.807) is 0 Å². The van der Waals surface area contributed by atoms with Crippen LogP contribution in [0.1, 0.15) is 0 Å². The second-order valence-electron chi connectivity index (χ2n) is 14.4. The smallest absolute Gasteiger partial charge is 0.172 e. The van der Waals surface area contributed by atoms with E-state index in [-0.39, 0.29) is 0 Å². The zero-order valence-corrected chi connectivity index (χ0v) is 30.0. The molecule has 0 rings (SSSR count). The monoisotopic (exact) mass is 536 g/mol. The Morgan fingerprint density at radius 3 is 0.742 bits per heavy atom. The fourth-order valence-electron chi connectivity index (χ4n) is 4.73. The lowest BCUT2D eigenvalue weighted by atomic mass is 9.44. The number of hydrogen-bond acceptors (Lipinski definition) is 3. The zero-order valence-electron chi connectivity index (χ0n) is 24.0. The predicted octanol–water partition coefficient (Wildman–Crippen LogP) is 8.65. The molecule has 0 atom stereocenters. The highest BCUT2D eigenvalue weighted by molar-refractivity contribution is 6.87. The maximum Gasteiger partial charge on any atom is 0.172 e. The van der Waals surface area contributed by atoms with Crippen molar-refractivity contribution in [2.45, 2.75) is 135 Å². The Balaban J connectivity index is 5.16. The van der Waals surface area contributed by atoms with Crippen molar-refractivity contribution >= 4 is 56.6 Å². The summed E-state index contributed by atoms with van der Waals surface area (Å²) in [4.78, 5) is 0. The van der Waals surface area contributed by atoms with E-state index in [0.717, 1.165) is 6.71 Å². The Kier molecular flexibility index (Phi) is 12.3. The standard InChI is InChI=1S/C21H57BO3Si6/c1-26(2,3)23-29(10,11)19-16-22(17-20-30(12,13)24-27(4,5)6)18-21-31(14,15)25-28(7,8)9/h16-21H2,1-15H3. The van der Waals surface area contributed by atoms with E-state index in [0.29, 0.717) is 0 Å². The van der Waals surface area contributed by atoms with Crippen molar-refractivity contribution in [3.05, 3.63) is 0 Å². The van der Waals surface area contributed by atoms with Crippen LogP contribution in [0.2, 0.25) is 135 Å². The van der Waals surface area contributed by atoms with Gasteiger partial charge in [0.25, 0.3) is 0 Å². The molecular weight excluding hydrogens is 480 g/mol. The third kappa shape index (κ3) is 19.3. The van der Waals surface area contributed by atoms with Gasteiger partial charge >= 0.3 is 0 Å². The zero-order chi connectivity index (χ0) is 24.9. The Morgan fingerprint density at radius 1 is 0.387 bits per heavy atom. The van der Waals surface area contributed by atoms with Crippen LogP contribution in [-0.4, -0.2) is 56.6 Å². The second-order valence-corrected chi connectivity index (χ2v) is 41.6. The molecular formula is C21H57BO3Si6. The van der Waals surface area contributed by atoms with Gasteiger partial charge in [0.05, 0.1) is 0 Å². The van der Waals surface area contributed by atoms with Crippen LogP contribution in [-0.2, 0) is 12.3 Å². The molecule has 0 aliphatic carbocycles. The molecule has 0 aliphatic rings. The molecule has 0 aromatic heterocycles. The molecule has 0 aromatic rings. The highest BCUT2D eigenvalue weighted by Gasteiger charge is 2.35. The maximum absolute atomic E-state index is 6.65. The van der Waals surface area contributed by atoms with Gasteiger partial charge in [-0.1, -0.05) is 19.0 Å². The molecule has 186 valence electrons. The average Bonchev–Trinajstić information content (AvgIpc) is 2.38. The van der Waals surface area contributed by atoms with Crippen molar-refractivity contribution in [1.82, 2.24) is 0 Å². The van der Waals surface area contributed by atoms with Crippen LogP contribution in [0.25, 0.3) is 0 Å². The van der Waals surface area contributed by atoms with E-state index >= 15 is 0 Å². The van der Waals surface area contributed by atoms with Gasteiger partial charge in [0, 0.05) is 0 Å². The van der Waals surface area contributed by atoms with Crippen LogP contribution in [0.5, 0.6) is 0 Å². The third-order valence-corrected chi connectivity index (χ3v) is 23.7. The van der Waals surface area contributed by atoms with Crippen LogP contribution in [0.15, 0.2) is 0 Å². The first-order chi connectivity index (χ1) is 13.4. The van der Waals surface area contributed by atoms with Crippen LogP contribution < -0.4 is 0 Å². The highest BCUT2D eigenvalue weighted by Crippen LogP contribution is 2.30. The molecule has 0 heterocycles. The van der Waals surface area contributed by atoms with Crippen molar-refractivity contribution in [3.63, 3.8) is 0 Å². The third-order valence-electron chi connectivity index (χ3n) is 5.21. The van der Waals surface area contributed by atoms with Crippen molar-refractivity contribution < 1.29 is 12.3 Å². The molecule has 31 heavy (non-hydrogen) atoms. The SMILES string of the molecule is C[Si](C)(C)O[Si](C)(C)CCB(CC[Si](C)(C)O[Si](C)(C)C)CC[Si](C)(C)O[Si](C)(C)C. The van der Waals surface area contributed by atoms with Crippen molar-refractivity contribution in [1.29, 1.82) is 0 Å². The Morgan fingerprint density at radius 2 is 0.581 bits per heavy atom. The van der Waals surface area contributed by atoms with Gasteiger partial charge in [-0.15, -0.1) is 0 Å². The summed E-state index contributed by atoms with van der Waals surface area (Å²) in [5.74, 6) is 0. The quantitative estimate of drug-likeness (QED) is 0.196.